The zero-order valence-corrected chi connectivity index (χ0v) is 29.4. The maximum atomic E-state index is 19.0. The van der Waals surface area contributed by atoms with E-state index in [-0.39, 0.29) is 26.0 Å². The Hall–Kier alpha value is -5.74. The van der Waals surface area contributed by atoms with Crippen molar-refractivity contribution in [3.05, 3.63) is 137 Å². The van der Waals surface area contributed by atoms with Crippen molar-refractivity contribution in [2.45, 2.75) is 27.7 Å². The van der Waals surface area contributed by atoms with Crippen LogP contribution in [0.25, 0.3) is 55.0 Å². The molecule has 7 aromatic carbocycles. The fraction of sp³-hybridized carbons (Fsp3) is 0.0870. The summed E-state index contributed by atoms with van der Waals surface area (Å²) in [4.78, 5) is 0. The van der Waals surface area contributed by atoms with Gasteiger partial charge in [0.1, 0.15) is 5.82 Å². The molecule has 4 aliphatic heterocycles. The average Bonchev–Trinajstić information content (AvgIpc) is 3.69. The van der Waals surface area contributed by atoms with Gasteiger partial charge in [-0.3, -0.25) is 0 Å². The summed E-state index contributed by atoms with van der Waals surface area (Å²) < 4.78 is 24.0. The second kappa shape index (κ2) is 9.00. The number of halogens is 1. The van der Waals surface area contributed by atoms with Crippen LogP contribution in [0.3, 0.4) is 0 Å². The molecule has 13 rings (SSSR count). The number of para-hydroxylation sites is 2. The van der Waals surface area contributed by atoms with E-state index in [1.165, 1.54) is 93.2 Å². The second-order valence-electron chi connectivity index (χ2n) is 15.9. The first-order valence-electron chi connectivity index (χ1n) is 18.6. The van der Waals surface area contributed by atoms with E-state index in [9.17, 15) is 0 Å². The molecular formula is C46H30B3FN2. The van der Waals surface area contributed by atoms with Crippen LogP contribution in [0.15, 0.2) is 109 Å². The van der Waals surface area contributed by atoms with Crippen molar-refractivity contribution in [1.29, 1.82) is 0 Å². The van der Waals surface area contributed by atoms with Crippen LogP contribution < -0.4 is 49.2 Å². The van der Waals surface area contributed by atoms with Gasteiger partial charge in [0, 0.05) is 55.0 Å². The van der Waals surface area contributed by atoms with Gasteiger partial charge in [-0.25, -0.2) is 4.39 Å². The first-order chi connectivity index (χ1) is 25.4. The Labute approximate surface area is 301 Å². The molecule has 0 bridgehead atoms. The zero-order chi connectivity index (χ0) is 34.5. The lowest BCUT2D eigenvalue weighted by atomic mass is 9.27. The van der Waals surface area contributed by atoms with Crippen LogP contribution >= 0.6 is 0 Å². The summed E-state index contributed by atoms with van der Waals surface area (Å²) >= 11 is 0. The van der Waals surface area contributed by atoms with E-state index in [1.54, 1.807) is 0 Å². The minimum atomic E-state index is -0.252. The lowest BCUT2D eigenvalue weighted by molar-refractivity contribution is 0.642. The lowest BCUT2D eigenvalue weighted by Crippen LogP contribution is -2.70. The first kappa shape index (κ1) is 27.9. The molecule has 0 unspecified atom stereocenters. The normalized spacial score (nSPS) is 14.1. The van der Waals surface area contributed by atoms with Crippen LogP contribution in [0.5, 0.6) is 0 Å². The maximum absolute atomic E-state index is 19.0. The number of hydrogen-bond donors (Lipinski definition) is 0. The average molecular weight is 662 g/mol. The van der Waals surface area contributed by atoms with Crippen molar-refractivity contribution in [2.24, 2.45) is 0 Å². The molecule has 4 aliphatic rings. The fourth-order valence-electron chi connectivity index (χ4n) is 11.4. The Morgan fingerprint density at radius 1 is 0.442 bits per heavy atom. The third kappa shape index (κ3) is 2.93. The highest BCUT2D eigenvalue weighted by Gasteiger charge is 2.51. The Balaban J connectivity index is 1.35. The highest BCUT2D eigenvalue weighted by atomic mass is 19.1. The molecule has 0 saturated heterocycles. The SMILES string of the molecule is Cc1cccc(B2c3c(F)c4c5c6c3-n3c7c(cccc7c7c(C)ccc2c73)B6c2cccc3c6c(C)ccc(c6n-5c23)B4c2cccc(C)c2)c1. The number of benzene rings is 7. The summed E-state index contributed by atoms with van der Waals surface area (Å²) in [5, 5.41) is 5.11. The third-order valence-electron chi connectivity index (χ3n) is 13.2. The predicted octanol–water partition coefficient (Wildman–Crippen LogP) is 4.06. The first-order valence-corrected chi connectivity index (χ1v) is 18.6. The Kier molecular flexibility index (Phi) is 4.83. The summed E-state index contributed by atoms with van der Waals surface area (Å²) in [5.74, 6) is -0.0632. The molecule has 0 aliphatic carbocycles. The summed E-state index contributed by atoms with van der Waals surface area (Å²) in [6.07, 6.45) is 0. The highest BCUT2D eigenvalue weighted by Crippen LogP contribution is 2.41. The van der Waals surface area contributed by atoms with Crippen LogP contribution in [0.1, 0.15) is 22.3 Å². The minimum absolute atomic E-state index is 0.0239. The van der Waals surface area contributed by atoms with Crippen LogP contribution in [0, 0.1) is 33.5 Å². The van der Waals surface area contributed by atoms with Crippen molar-refractivity contribution in [1.82, 2.24) is 9.13 Å². The van der Waals surface area contributed by atoms with Crippen molar-refractivity contribution in [3.8, 4) is 11.4 Å². The van der Waals surface area contributed by atoms with Gasteiger partial charge >= 0.3 is 0 Å². The molecule has 2 nitrogen and oxygen atoms in total. The molecule has 0 spiro atoms. The second-order valence-corrected chi connectivity index (χ2v) is 15.9. The van der Waals surface area contributed by atoms with Gasteiger partial charge in [0.05, 0.1) is 0 Å². The van der Waals surface area contributed by atoms with Crippen molar-refractivity contribution >= 4 is 113 Å². The predicted molar refractivity (Wildman–Crippen MR) is 221 cm³/mol. The van der Waals surface area contributed by atoms with Gasteiger partial charge in [-0.1, -0.05) is 131 Å². The molecule has 2 aromatic heterocycles. The molecule has 52 heavy (non-hydrogen) atoms. The van der Waals surface area contributed by atoms with Crippen molar-refractivity contribution < 1.29 is 4.39 Å². The van der Waals surface area contributed by atoms with Gasteiger partial charge in [0.2, 0.25) is 0 Å². The van der Waals surface area contributed by atoms with E-state index < -0.39 is 0 Å². The number of rotatable bonds is 2. The molecule has 0 atom stereocenters. The van der Waals surface area contributed by atoms with E-state index in [4.69, 9.17) is 0 Å². The maximum Gasteiger partial charge on any atom is 0.252 e. The van der Waals surface area contributed by atoms with Gasteiger partial charge < -0.3 is 9.13 Å². The van der Waals surface area contributed by atoms with Crippen molar-refractivity contribution in [2.75, 3.05) is 0 Å². The highest BCUT2D eigenvalue weighted by molar-refractivity contribution is 7.06. The van der Waals surface area contributed by atoms with Gasteiger partial charge in [0.15, 0.2) is 0 Å². The number of nitrogens with zero attached hydrogens (tertiary/aromatic N) is 2. The summed E-state index contributed by atoms with van der Waals surface area (Å²) in [6.45, 7) is 8.26. The van der Waals surface area contributed by atoms with Crippen LogP contribution in [-0.4, -0.2) is 29.3 Å². The molecule has 0 N–H and O–H groups in total. The summed E-state index contributed by atoms with van der Waals surface area (Å²) in [6, 6.07) is 40.5. The molecule has 6 heterocycles. The molecule has 0 saturated carbocycles. The largest absolute Gasteiger partial charge is 0.311 e. The monoisotopic (exact) mass is 662 g/mol. The van der Waals surface area contributed by atoms with Crippen LogP contribution in [-0.2, 0) is 0 Å². The summed E-state index contributed by atoms with van der Waals surface area (Å²) in [7, 11) is 0. The topological polar surface area (TPSA) is 9.86 Å². The molecule has 9 aromatic rings. The smallest absolute Gasteiger partial charge is 0.252 e. The minimum Gasteiger partial charge on any atom is -0.311 e. The molecule has 0 radical (unpaired) electrons. The molecule has 240 valence electrons. The fourth-order valence-corrected chi connectivity index (χ4v) is 11.4. The van der Waals surface area contributed by atoms with E-state index >= 15 is 4.39 Å². The molecule has 0 amide bonds. The van der Waals surface area contributed by atoms with Gasteiger partial charge in [-0.15, -0.1) is 0 Å². The number of fused-ring (bicyclic) bond motifs is 4. The number of aryl methyl sites for hydroxylation is 4. The number of aromatic nitrogens is 2. The standard InChI is InChI=1S/C46H30B3FN2/c1-23-9-5-11-27(21-23)47-33-19-17-25(3)35-29-13-7-15-31-41(29)51(43(33)35)45-37(47)40(50)38-46-39(45)49(31)32-16-8-14-30-36-26(4)18-20-34(44(36)52(46)42(30)32)48(38)28-12-6-10-24(2)22-28/h5-22H,1-4H3. The van der Waals surface area contributed by atoms with E-state index in [1.807, 2.05) is 0 Å². The summed E-state index contributed by atoms with van der Waals surface area (Å²) in [5.41, 5.74) is 22.2. The zero-order valence-electron chi connectivity index (χ0n) is 29.4. The van der Waals surface area contributed by atoms with Crippen LogP contribution in [0.4, 0.5) is 4.39 Å². The third-order valence-corrected chi connectivity index (χ3v) is 13.2. The quantitative estimate of drug-likeness (QED) is 0.248. The van der Waals surface area contributed by atoms with E-state index in [2.05, 4.69) is 146 Å². The molecular weight excluding hydrogens is 632 g/mol. The Morgan fingerprint density at radius 3 is 1.35 bits per heavy atom. The molecule has 6 heteroatoms. The van der Waals surface area contributed by atoms with E-state index in [0.717, 1.165) is 33.2 Å². The van der Waals surface area contributed by atoms with Crippen LogP contribution in [0.2, 0.25) is 0 Å². The van der Waals surface area contributed by atoms with Gasteiger partial charge in [-0.05, 0) is 77.1 Å². The van der Waals surface area contributed by atoms with Crippen molar-refractivity contribution in [3.63, 3.8) is 0 Å². The Morgan fingerprint density at radius 2 is 0.885 bits per heavy atom. The van der Waals surface area contributed by atoms with Gasteiger partial charge in [-0.2, -0.15) is 0 Å². The Bertz CT molecular complexity index is 3010. The lowest BCUT2D eigenvalue weighted by Gasteiger charge is -2.42. The van der Waals surface area contributed by atoms with E-state index in [0.29, 0.717) is 0 Å². The number of hydrogen-bond acceptors (Lipinski definition) is 0. The van der Waals surface area contributed by atoms with Gasteiger partial charge in [0.25, 0.3) is 20.1 Å². The molecule has 0 fully saturated rings.